The van der Waals surface area contributed by atoms with E-state index in [2.05, 4.69) is 5.32 Å². The first kappa shape index (κ1) is 25.3. The number of alkyl halides is 6. The number of carboxylic acid groups (broad SMARTS) is 1. The van der Waals surface area contributed by atoms with Gasteiger partial charge in [0.05, 0.1) is 29.7 Å². The smallest absolute Gasteiger partial charge is 0.416 e. The highest BCUT2D eigenvalue weighted by Gasteiger charge is 2.37. The summed E-state index contributed by atoms with van der Waals surface area (Å²) in [5.41, 5.74) is -3.31. The number of ether oxygens (including phenoxy) is 1. The maximum absolute atomic E-state index is 13.0. The quantitative estimate of drug-likeness (QED) is 0.558. The van der Waals surface area contributed by atoms with Crippen molar-refractivity contribution in [3.63, 3.8) is 0 Å². The van der Waals surface area contributed by atoms with Crippen molar-refractivity contribution in [3.05, 3.63) is 63.7 Å². The van der Waals surface area contributed by atoms with Gasteiger partial charge in [-0.25, -0.2) is 4.79 Å². The summed E-state index contributed by atoms with van der Waals surface area (Å²) >= 11 is 5.97. The minimum atomic E-state index is -5.07. The second kappa shape index (κ2) is 9.68. The van der Waals surface area contributed by atoms with Crippen LogP contribution in [0.4, 0.5) is 26.3 Å². The highest BCUT2D eigenvalue weighted by atomic mass is 35.5. The van der Waals surface area contributed by atoms with Gasteiger partial charge in [-0.15, -0.1) is 0 Å². The molecular weight excluding hydrogens is 468 g/mol. The Bertz CT molecular complexity index is 974. The second-order valence-electron chi connectivity index (χ2n) is 6.72. The van der Waals surface area contributed by atoms with Crippen molar-refractivity contribution in [1.82, 2.24) is 5.32 Å². The van der Waals surface area contributed by atoms with Gasteiger partial charge < -0.3 is 15.2 Å². The minimum absolute atomic E-state index is 0.0606. The number of carbonyl (C=O) groups excluding carboxylic acids is 1. The lowest BCUT2D eigenvalue weighted by Crippen LogP contribution is -2.43. The van der Waals surface area contributed by atoms with Gasteiger partial charge in [0.25, 0.3) is 0 Å². The van der Waals surface area contributed by atoms with Crippen LogP contribution in [0.2, 0.25) is 5.02 Å². The van der Waals surface area contributed by atoms with Crippen molar-refractivity contribution in [1.29, 1.82) is 0 Å². The maximum atomic E-state index is 13.0. The first-order valence-corrected chi connectivity index (χ1v) is 9.21. The molecule has 174 valence electrons. The number of rotatable bonds is 7. The van der Waals surface area contributed by atoms with Crippen LogP contribution in [0.15, 0.2) is 36.4 Å². The zero-order valence-corrected chi connectivity index (χ0v) is 17.0. The number of benzene rings is 2. The van der Waals surface area contributed by atoms with Gasteiger partial charge >= 0.3 is 18.3 Å². The monoisotopic (exact) mass is 483 g/mol. The molecule has 2 N–H and O–H groups in total. The lowest BCUT2D eigenvalue weighted by Gasteiger charge is -2.17. The van der Waals surface area contributed by atoms with E-state index in [9.17, 15) is 41.0 Å². The molecule has 0 fully saturated rings. The Hall–Kier alpha value is -2.95. The second-order valence-corrected chi connectivity index (χ2v) is 7.13. The highest BCUT2D eigenvalue weighted by Crippen LogP contribution is 2.36. The largest absolute Gasteiger partial charge is 0.495 e. The number of hydrogen-bond donors (Lipinski definition) is 2. The number of halogens is 7. The zero-order chi connectivity index (χ0) is 24.3. The van der Waals surface area contributed by atoms with E-state index in [0.29, 0.717) is 23.4 Å². The van der Waals surface area contributed by atoms with E-state index in [-0.39, 0.29) is 17.5 Å². The predicted octanol–water partition coefficient (Wildman–Crippen LogP) is 4.74. The van der Waals surface area contributed by atoms with Crippen molar-refractivity contribution in [2.24, 2.45) is 0 Å². The van der Waals surface area contributed by atoms with Crippen LogP contribution in [0.3, 0.4) is 0 Å². The molecule has 0 saturated heterocycles. The van der Waals surface area contributed by atoms with Gasteiger partial charge in [0.2, 0.25) is 5.91 Å². The number of hydrogen-bond acceptors (Lipinski definition) is 3. The van der Waals surface area contributed by atoms with Crippen LogP contribution in [0.1, 0.15) is 22.3 Å². The molecule has 5 nitrogen and oxygen atoms in total. The van der Waals surface area contributed by atoms with Crippen molar-refractivity contribution < 1.29 is 45.8 Å². The van der Waals surface area contributed by atoms with Crippen LogP contribution in [0.5, 0.6) is 5.75 Å². The Morgan fingerprint density at radius 1 is 1.00 bits per heavy atom. The van der Waals surface area contributed by atoms with Crippen LogP contribution in [0, 0.1) is 0 Å². The Balaban J connectivity index is 2.21. The van der Waals surface area contributed by atoms with Crippen LogP contribution < -0.4 is 10.1 Å². The molecule has 1 atom stereocenters. The van der Waals surface area contributed by atoms with Gasteiger partial charge in [-0.2, -0.15) is 26.3 Å². The molecule has 2 rings (SSSR count). The number of carbonyl (C=O) groups is 2. The summed E-state index contributed by atoms with van der Waals surface area (Å²) in [4.78, 5) is 23.7. The Morgan fingerprint density at radius 3 is 2.00 bits per heavy atom. The van der Waals surface area contributed by atoms with E-state index >= 15 is 0 Å². The molecule has 32 heavy (non-hydrogen) atoms. The Kier molecular flexibility index (Phi) is 7.66. The molecule has 2 aromatic rings. The lowest BCUT2D eigenvalue weighted by atomic mass is 10.0. The summed E-state index contributed by atoms with van der Waals surface area (Å²) in [6, 6.07) is 3.64. The molecule has 0 aliphatic carbocycles. The van der Waals surface area contributed by atoms with E-state index in [1.54, 1.807) is 0 Å². The number of aliphatic carboxylic acids is 1. The summed E-state index contributed by atoms with van der Waals surface area (Å²) in [5.74, 6) is -2.19. The van der Waals surface area contributed by atoms with E-state index in [4.69, 9.17) is 16.3 Å². The van der Waals surface area contributed by atoms with E-state index in [1.807, 2.05) is 0 Å². The van der Waals surface area contributed by atoms with Crippen molar-refractivity contribution in [2.75, 3.05) is 7.11 Å². The van der Waals surface area contributed by atoms with Crippen molar-refractivity contribution in [2.45, 2.75) is 31.2 Å². The molecule has 12 heteroatoms. The van der Waals surface area contributed by atoms with Crippen LogP contribution in [0.25, 0.3) is 0 Å². The van der Waals surface area contributed by atoms with Crippen molar-refractivity contribution >= 4 is 23.5 Å². The fourth-order valence-corrected chi connectivity index (χ4v) is 3.11. The summed E-state index contributed by atoms with van der Waals surface area (Å²) in [7, 11) is 1.37. The van der Waals surface area contributed by atoms with Crippen molar-refractivity contribution in [3.8, 4) is 5.75 Å². The van der Waals surface area contributed by atoms with Crippen LogP contribution >= 0.6 is 11.6 Å². The third kappa shape index (κ3) is 6.78. The summed E-state index contributed by atoms with van der Waals surface area (Å²) in [5, 5.41) is 11.6. The third-order valence-corrected chi connectivity index (χ3v) is 4.60. The summed E-state index contributed by atoms with van der Waals surface area (Å²) in [6.07, 6.45) is -11.3. The first-order chi connectivity index (χ1) is 14.7. The molecular formula is C20H16ClF6NO4. The standard InChI is InChI=1S/C20H16ClF6NO4/c1-32-16-3-2-10(6-14(16)21)7-15(18(30)31)28-17(29)8-11-4-12(19(22,23)24)9-13(5-11)20(25,26)27/h2-6,9,15H,7-8H2,1H3,(H,28,29)(H,30,31)/t15-/m0/s1. The van der Waals surface area contributed by atoms with Gasteiger partial charge in [0.1, 0.15) is 11.8 Å². The molecule has 0 saturated carbocycles. The molecule has 1 amide bonds. The Labute approximate surface area is 182 Å². The highest BCUT2D eigenvalue weighted by molar-refractivity contribution is 6.32. The fraction of sp³-hybridized carbons (Fsp3) is 0.300. The molecule has 0 bridgehead atoms. The van der Waals surface area contributed by atoms with Crippen LogP contribution in [-0.4, -0.2) is 30.1 Å². The zero-order valence-electron chi connectivity index (χ0n) is 16.3. The van der Waals surface area contributed by atoms with Gasteiger partial charge in [-0.3, -0.25) is 4.79 Å². The van der Waals surface area contributed by atoms with E-state index in [0.717, 1.165) is 0 Å². The SMILES string of the molecule is COc1ccc(C[C@H](NC(=O)Cc2cc(C(F)(F)F)cc(C(F)(F)F)c2)C(=O)O)cc1Cl. The number of nitrogens with one attached hydrogen (secondary N) is 1. The summed E-state index contributed by atoms with van der Waals surface area (Å²) in [6.45, 7) is 0. The molecule has 0 aliphatic rings. The first-order valence-electron chi connectivity index (χ1n) is 8.83. The number of methoxy groups -OCH3 is 1. The molecule has 0 aromatic heterocycles. The normalized spacial score (nSPS) is 12.9. The lowest BCUT2D eigenvalue weighted by molar-refractivity contribution is -0.143. The van der Waals surface area contributed by atoms with Gasteiger partial charge in [-0.05, 0) is 41.5 Å². The van der Waals surface area contributed by atoms with E-state index in [1.165, 1.54) is 25.3 Å². The topological polar surface area (TPSA) is 75.6 Å². The average Bonchev–Trinajstić information content (AvgIpc) is 2.66. The molecule has 0 spiro atoms. The molecule has 0 heterocycles. The fourth-order valence-electron chi connectivity index (χ4n) is 2.82. The van der Waals surface area contributed by atoms with E-state index < -0.39 is 53.4 Å². The molecule has 0 unspecified atom stereocenters. The molecule has 0 radical (unpaired) electrons. The minimum Gasteiger partial charge on any atom is -0.495 e. The van der Waals surface area contributed by atoms with Gasteiger partial charge in [0, 0.05) is 6.42 Å². The maximum Gasteiger partial charge on any atom is 0.416 e. The predicted molar refractivity (Wildman–Crippen MR) is 101 cm³/mol. The number of amides is 1. The molecule has 0 aliphatic heterocycles. The molecule has 2 aromatic carbocycles. The van der Waals surface area contributed by atoms with Gasteiger partial charge in [-0.1, -0.05) is 17.7 Å². The third-order valence-electron chi connectivity index (χ3n) is 4.30. The van der Waals surface area contributed by atoms with Crippen LogP contribution in [-0.2, 0) is 34.8 Å². The number of carboxylic acids is 1. The van der Waals surface area contributed by atoms with Gasteiger partial charge in [0.15, 0.2) is 0 Å². The summed E-state index contributed by atoms with van der Waals surface area (Å²) < 4.78 is 82.7. The Morgan fingerprint density at radius 2 is 1.56 bits per heavy atom. The average molecular weight is 484 g/mol.